The molecular weight excluding hydrogens is 182 g/mol. The molecule has 0 fully saturated rings. The van der Waals surface area contributed by atoms with E-state index < -0.39 is 0 Å². The van der Waals surface area contributed by atoms with Gasteiger partial charge in [0.25, 0.3) is 0 Å². The van der Waals surface area contributed by atoms with Crippen molar-refractivity contribution in [3.8, 4) is 0 Å². The minimum absolute atomic E-state index is 0.618. The fourth-order valence-electron chi connectivity index (χ4n) is 1.14. The Hall–Kier alpha value is -0.640. The van der Waals surface area contributed by atoms with E-state index in [0.717, 1.165) is 18.0 Å². The first-order chi connectivity index (χ1) is 6.09. The fraction of sp³-hybridized carbons (Fsp3) is 0.667. The smallest absolute Gasteiger partial charge is 0.145 e. The van der Waals surface area contributed by atoms with Crippen molar-refractivity contribution in [2.24, 2.45) is 0 Å². The molecule has 13 heavy (non-hydrogen) atoms. The molecule has 1 heterocycles. The van der Waals surface area contributed by atoms with Crippen molar-refractivity contribution in [3.05, 3.63) is 11.8 Å². The molecule has 1 aromatic rings. The van der Waals surface area contributed by atoms with E-state index in [1.54, 1.807) is 0 Å². The SMILES string of the molecule is Cc1cc(N)nn1CCSC(C)C. The zero-order valence-corrected chi connectivity index (χ0v) is 9.27. The molecule has 0 atom stereocenters. The molecule has 0 aromatic carbocycles. The number of nitrogen functional groups attached to an aromatic ring is 1. The highest BCUT2D eigenvalue weighted by Gasteiger charge is 2.01. The molecule has 0 aliphatic heterocycles. The van der Waals surface area contributed by atoms with Crippen molar-refractivity contribution in [1.29, 1.82) is 0 Å². The van der Waals surface area contributed by atoms with Crippen molar-refractivity contribution >= 4 is 17.6 Å². The molecule has 1 rings (SSSR count). The van der Waals surface area contributed by atoms with Gasteiger partial charge < -0.3 is 5.73 Å². The van der Waals surface area contributed by atoms with Crippen LogP contribution in [0.15, 0.2) is 6.07 Å². The minimum Gasteiger partial charge on any atom is -0.382 e. The van der Waals surface area contributed by atoms with Gasteiger partial charge in [-0.1, -0.05) is 13.8 Å². The van der Waals surface area contributed by atoms with Crippen molar-refractivity contribution in [3.63, 3.8) is 0 Å². The molecule has 3 nitrogen and oxygen atoms in total. The summed E-state index contributed by atoms with van der Waals surface area (Å²) in [4.78, 5) is 0. The second kappa shape index (κ2) is 4.56. The van der Waals surface area contributed by atoms with Crippen LogP contribution >= 0.6 is 11.8 Å². The predicted octanol–water partition coefficient (Wildman–Crippen LogP) is 1.92. The summed E-state index contributed by atoms with van der Waals surface area (Å²) in [5.74, 6) is 1.71. The average Bonchev–Trinajstić information content (AvgIpc) is 2.29. The number of aryl methyl sites for hydroxylation is 2. The quantitative estimate of drug-likeness (QED) is 0.805. The van der Waals surface area contributed by atoms with E-state index in [9.17, 15) is 0 Å². The summed E-state index contributed by atoms with van der Waals surface area (Å²) in [5.41, 5.74) is 6.71. The van der Waals surface area contributed by atoms with Gasteiger partial charge in [0.15, 0.2) is 0 Å². The molecule has 0 amide bonds. The van der Waals surface area contributed by atoms with E-state index in [-0.39, 0.29) is 0 Å². The third-order valence-electron chi connectivity index (χ3n) is 1.75. The molecule has 1 aromatic heterocycles. The summed E-state index contributed by atoms with van der Waals surface area (Å²) < 4.78 is 1.96. The van der Waals surface area contributed by atoms with Gasteiger partial charge >= 0.3 is 0 Å². The van der Waals surface area contributed by atoms with Crippen molar-refractivity contribution < 1.29 is 0 Å². The molecular formula is C9H17N3S. The van der Waals surface area contributed by atoms with Crippen LogP contribution in [-0.4, -0.2) is 20.8 Å². The van der Waals surface area contributed by atoms with Crippen LogP contribution in [0, 0.1) is 6.92 Å². The van der Waals surface area contributed by atoms with E-state index in [1.165, 1.54) is 0 Å². The maximum Gasteiger partial charge on any atom is 0.145 e. The number of nitrogens with zero attached hydrogens (tertiary/aromatic N) is 2. The van der Waals surface area contributed by atoms with Crippen LogP contribution in [0.3, 0.4) is 0 Å². The Balaban J connectivity index is 2.40. The summed E-state index contributed by atoms with van der Waals surface area (Å²) in [6.45, 7) is 7.39. The number of hydrogen-bond acceptors (Lipinski definition) is 3. The third kappa shape index (κ3) is 3.30. The topological polar surface area (TPSA) is 43.8 Å². The predicted molar refractivity (Wildman–Crippen MR) is 59.0 cm³/mol. The van der Waals surface area contributed by atoms with Gasteiger partial charge in [0.1, 0.15) is 5.82 Å². The maximum absolute atomic E-state index is 5.57. The molecule has 74 valence electrons. The Bertz CT molecular complexity index is 268. The van der Waals surface area contributed by atoms with Crippen LogP contribution in [0.5, 0.6) is 0 Å². The second-order valence-corrected chi connectivity index (χ2v) is 5.04. The molecule has 0 aliphatic carbocycles. The minimum atomic E-state index is 0.618. The molecule has 0 saturated heterocycles. The van der Waals surface area contributed by atoms with Gasteiger partial charge in [-0.05, 0) is 12.2 Å². The van der Waals surface area contributed by atoms with Gasteiger partial charge in [0.05, 0.1) is 6.54 Å². The number of anilines is 1. The largest absolute Gasteiger partial charge is 0.382 e. The third-order valence-corrected chi connectivity index (χ3v) is 2.84. The fourth-order valence-corrected chi connectivity index (χ4v) is 1.89. The summed E-state index contributed by atoms with van der Waals surface area (Å²) in [6, 6.07) is 1.90. The molecule has 0 bridgehead atoms. The van der Waals surface area contributed by atoms with Gasteiger partial charge in [-0.3, -0.25) is 4.68 Å². The monoisotopic (exact) mass is 199 g/mol. The van der Waals surface area contributed by atoms with Crippen LogP contribution in [0.4, 0.5) is 5.82 Å². The first-order valence-electron chi connectivity index (χ1n) is 4.51. The summed E-state index contributed by atoms with van der Waals surface area (Å²) >= 11 is 1.94. The van der Waals surface area contributed by atoms with Crippen molar-refractivity contribution in [1.82, 2.24) is 9.78 Å². The van der Waals surface area contributed by atoms with Crippen LogP contribution in [0.1, 0.15) is 19.5 Å². The van der Waals surface area contributed by atoms with E-state index in [2.05, 4.69) is 18.9 Å². The van der Waals surface area contributed by atoms with Crippen LogP contribution in [0.2, 0.25) is 0 Å². The van der Waals surface area contributed by atoms with E-state index in [0.29, 0.717) is 11.1 Å². The number of hydrogen-bond donors (Lipinski definition) is 1. The Morgan fingerprint density at radius 3 is 2.77 bits per heavy atom. The highest BCUT2D eigenvalue weighted by molar-refractivity contribution is 7.99. The van der Waals surface area contributed by atoms with Crippen molar-refractivity contribution in [2.75, 3.05) is 11.5 Å². The lowest BCUT2D eigenvalue weighted by atomic mass is 10.5. The molecule has 0 aliphatic rings. The Morgan fingerprint density at radius 1 is 1.62 bits per heavy atom. The Kier molecular flexibility index (Phi) is 3.66. The van der Waals surface area contributed by atoms with Crippen LogP contribution < -0.4 is 5.73 Å². The van der Waals surface area contributed by atoms with E-state index in [4.69, 9.17) is 5.73 Å². The molecule has 4 heteroatoms. The molecule has 0 radical (unpaired) electrons. The second-order valence-electron chi connectivity index (χ2n) is 3.35. The van der Waals surface area contributed by atoms with Gasteiger partial charge in [0, 0.05) is 17.5 Å². The van der Waals surface area contributed by atoms with Gasteiger partial charge in [-0.2, -0.15) is 16.9 Å². The number of thioether (sulfide) groups is 1. The Morgan fingerprint density at radius 2 is 2.31 bits per heavy atom. The number of nitrogens with two attached hydrogens (primary N) is 1. The lowest BCUT2D eigenvalue weighted by Crippen LogP contribution is -2.06. The molecule has 0 spiro atoms. The maximum atomic E-state index is 5.57. The first kappa shape index (κ1) is 10.4. The zero-order chi connectivity index (χ0) is 9.84. The summed E-state index contributed by atoms with van der Waals surface area (Å²) in [7, 11) is 0. The lowest BCUT2D eigenvalue weighted by Gasteiger charge is -2.05. The van der Waals surface area contributed by atoms with E-state index >= 15 is 0 Å². The van der Waals surface area contributed by atoms with Gasteiger partial charge in [-0.15, -0.1) is 0 Å². The summed E-state index contributed by atoms with van der Waals surface area (Å²) in [6.07, 6.45) is 0. The molecule has 2 N–H and O–H groups in total. The van der Waals surface area contributed by atoms with Crippen molar-refractivity contribution in [2.45, 2.75) is 32.6 Å². The Labute approximate surface area is 83.7 Å². The van der Waals surface area contributed by atoms with E-state index in [1.807, 2.05) is 29.4 Å². The van der Waals surface area contributed by atoms with Crippen LogP contribution in [0.25, 0.3) is 0 Å². The van der Waals surface area contributed by atoms with Crippen LogP contribution in [-0.2, 0) is 6.54 Å². The normalized spacial score (nSPS) is 11.1. The average molecular weight is 199 g/mol. The van der Waals surface area contributed by atoms with Gasteiger partial charge in [-0.25, -0.2) is 0 Å². The zero-order valence-electron chi connectivity index (χ0n) is 8.45. The van der Waals surface area contributed by atoms with Gasteiger partial charge in [0.2, 0.25) is 0 Å². The lowest BCUT2D eigenvalue weighted by molar-refractivity contribution is 0.648. The molecule has 0 saturated carbocycles. The highest BCUT2D eigenvalue weighted by Crippen LogP contribution is 2.11. The highest BCUT2D eigenvalue weighted by atomic mass is 32.2. The molecule has 0 unspecified atom stereocenters. The summed E-state index contributed by atoms with van der Waals surface area (Å²) in [5, 5.41) is 4.88. The standard InChI is InChI=1S/C9H17N3S/c1-7(2)13-5-4-12-8(3)6-9(10)11-12/h6-7H,4-5H2,1-3H3,(H2,10,11). The number of rotatable bonds is 4. The first-order valence-corrected chi connectivity index (χ1v) is 5.56. The number of aromatic nitrogens is 2.